The predicted octanol–water partition coefficient (Wildman–Crippen LogP) is 2.95. The first-order valence-electron chi connectivity index (χ1n) is 6.55. The van der Waals surface area contributed by atoms with Gasteiger partial charge in [-0.3, -0.25) is 4.79 Å². The topological polar surface area (TPSA) is 55.1 Å². The van der Waals surface area contributed by atoms with Crippen molar-refractivity contribution < 1.29 is 18.0 Å². The minimum Gasteiger partial charge on any atom is -0.326 e. The summed E-state index contributed by atoms with van der Waals surface area (Å²) in [6.07, 6.45) is 3.19. The summed E-state index contributed by atoms with van der Waals surface area (Å²) < 4.78 is 39.0. The highest BCUT2D eigenvalue weighted by atomic mass is 19.2. The Kier molecular flexibility index (Phi) is 4.04. The molecule has 0 aromatic heterocycles. The van der Waals surface area contributed by atoms with Crippen LogP contribution in [0.4, 0.5) is 18.9 Å². The Morgan fingerprint density at radius 3 is 2.45 bits per heavy atom. The van der Waals surface area contributed by atoms with Gasteiger partial charge in [0.25, 0.3) is 0 Å². The summed E-state index contributed by atoms with van der Waals surface area (Å²) in [5.74, 6) is -5.03. The van der Waals surface area contributed by atoms with Crippen molar-refractivity contribution in [3.05, 3.63) is 29.6 Å². The Morgan fingerprint density at radius 2 is 1.90 bits per heavy atom. The van der Waals surface area contributed by atoms with Gasteiger partial charge in [-0.05, 0) is 19.8 Å². The van der Waals surface area contributed by atoms with E-state index in [0.29, 0.717) is 6.42 Å². The van der Waals surface area contributed by atoms with Crippen molar-refractivity contribution in [3.8, 4) is 0 Å². The van der Waals surface area contributed by atoms with Crippen molar-refractivity contribution in [2.75, 3.05) is 5.32 Å². The van der Waals surface area contributed by atoms with Crippen molar-refractivity contribution in [2.24, 2.45) is 11.7 Å². The molecule has 6 heteroatoms. The summed E-state index contributed by atoms with van der Waals surface area (Å²) in [7, 11) is 0. The van der Waals surface area contributed by atoms with Crippen LogP contribution in [-0.4, -0.2) is 11.4 Å². The first-order valence-corrected chi connectivity index (χ1v) is 6.55. The quantitative estimate of drug-likeness (QED) is 0.821. The van der Waals surface area contributed by atoms with Gasteiger partial charge in [0, 0.05) is 23.4 Å². The van der Waals surface area contributed by atoms with E-state index < -0.39 is 28.9 Å². The number of halogens is 3. The fourth-order valence-electron chi connectivity index (χ4n) is 2.65. The number of rotatable bonds is 2. The molecule has 1 aliphatic carbocycles. The van der Waals surface area contributed by atoms with Crippen LogP contribution in [0.5, 0.6) is 0 Å². The van der Waals surface area contributed by atoms with Gasteiger partial charge in [-0.2, -0.15) is 0 Å². The van der Waals surface area contributed by atoms with E-state index in [4.69, 9.17) is 5.73 Å². The van der Waals surface area contributed by atoms with E-state index >= 15 is 0 Å². The number of benzene rings is 1. The molecule has 1 fully saturated rings. The maximum Gasteiger partial charge on any atom is 0.229 e. The van der Waals surface area contributed by atoms with Crippen LogP contribution in [0, 0.1) is 23.4 Å². The number of anilines is 1. The first kappa shape index (κ1) is 14.8. The molecule has 1 amide bonds. The second-order valence-corrected chi connectivity index (χ2v) is 5.55. The normalized spacial score (nSPS) is 26.4. The zero-order chi connectivity index (χ0) is 14.9. The number of nitrogens with two attached hydrogens (primary N) is 1. The molecule has 2 unspecified atom stereocenters. The van der Waals surface area contributed by atoms with Gasteiger partial charge in [-0.25, -0.2) is 13.2 Å². The summed E-state index contributed by atoms with van der Waals surface area (Å²) in [6, 6.07) is 1.51. The summed E-state index contributed by atoms with van der Waals surface area (Å²) in [6.45, 7) is 1.79. The Morgan fingerprint density at radius 1 is 1.30 bits per heavy atom. The monoisotopic (exact) mass is 286 g/mol. The van der Waals surface area contributed by atoms with Crippen LogP contribution in [0.3, 0.4) is 0 Å². The standard InChI is InChI=1S/C14H17F3N2O/c1-14(18)5-3-2-4-9(14)13(20)19-8-6-10(15)12(17)11(16)7-8/h6-7,9H,2-5,18H2,1H3,(H,19,20). The van der Waals surface area contributed by atoms with Crippen LogP contribution in [0.1, 0.15) is 32.6 Å². The lowest BCUT2D eigenvalue weighted by atomic mass is 9.74. The molecule has 0 radical (unpaired) electrons. The molecule has 0 bridgehead atoms. The average molecular weight is 286 g/mol. The van der Waals surface area contributed by atoms with E-state index in [1.54, 1.807) is 6.92 Å². The molecule has 0 aliphatic heterocycles. The van der Waals surface area contributed by atoms with Gasteiger partial charge in [0.2, 0.25) is 5.91 Å². The zero-order valence-electron chi connectivity index (χ0n) is 11.2. The Labute approximate surface area is 115 Å². The van der Waals surface area contributed by atoms with Crippen molar-refractivity contribution in [1.82, 2.24) is 0 Å². The second kappa shape index (κ2) is 5.44. The second-order valence-electron chi connectivity index (χ2n) is 5.55. The number of carbonyl (C=O) groups is 1. The number of nitrogens with one attached hydrogen (secondary N) is 1. The third-order valence-corrected chi connectivity index (χ3v) is 3.82. The number of amides is 1. The predicted molar refractivity (Wildman–Crippen MR) is 69.5 cm³/mol. The smallest absolute Gasteiger partial charge is 0.229 e. The van der Waals surface area contributed by atoms with Crippen LogP contribution >= 0.6 is 0 Å². The summed E-state index contributed by atoms with van der Waals surface area (Å²) in [5, 5.41) is 2.41. The van der Waals surface area contributed by atoms with Gasteiger partial charge in [-0.15, -0.1) is 0 Å². The van der Waals surface area contributed by atoms with E-state index in [1.807, 2.05) is 0 Å². The lowest BCUT2D eigenvalue weighted by Crippen LogP contribution is -2.51. The van der Waals surface area contributed by atoms with Gasteiger partial charge in [0.1, 0.15) is 0 Å². The molecule has 1 aromatic carbocycles. The number of hydrogen-bond acceptors (Lipinski definition) is 2. The van der Waals surface area contributed by atoms with E-state index in [0.717, 1.165) is 31.4 Å². The summed E-state index contributed by atoms with van der Waals surface area (Å²) in [5.41, 5.74) is 5.35. The zero-order valence-corrected chi connectivity index (χ0v) is 11.2. The lowest BCUT2D eigenvalue weighted by Gasteiger charge is -2.37. The number of carbonyl (C=O) groups excluding carboxylic acids is 1. The van der Waals surface area contributed by atoms with Crippen molar-refractivity contribution in [2.45, 2.75) is 38.1 Å². The van der Waals surface area contributed by atoms with Crippen LogP contribution < -0.4 is 11.1 Å². The van der Waals surface area contributed by atoms with E-state index in [-0.39, 0.29) is 11.6 Å². The van der Waals surface area contributed by atoms with Crippen molar-refractivity contribution >= 4 is 11.6 Å². The Bertz CT molecular complexity index is 508. The molecule has 3 nitrogen and oxygen atoms in total. The Hall–Kier alpha value is -1.56. The van der Waals surface area contributed by atoms with Crippen LogP contribution in [0.2, 0.25) is 0 Å². The van der Waals surface area contributed by atoms with Crippen molar-refractivity contribution in [3.63, 3.8) is 0 Å². The maximum absolute atomic E-state index is 13.1. The minimum absolute atomic E-state index is 0.104. The molecule has 20 heavy (non-hydrogen) atoms. The van der Waals surface area contributed by atoms with Gasteiger partial charge in [0.15, 0.2) is 17.5 Å². The molecular weight excluding hydrogens is 269 g/mol. The van der Waals surface area contributed by atoms with E-state index in [2.05, 4.69) is 5.32 Å². The van der Waals surface area contributed by atoms with Crippen LogP contribution in [-0.2, 0) is 4.79 Å². The van der Waals surface area contributed by atoms with Gasteiger partial charge >= 0.3 is 0 Å². The van der Waals surface area contributed by atoms with Gasteiger partial charge in [0.05, 0.1) is 5.92 Å². The molecule has 1 aromatic rings. The first-order chi connectivity index (χ1) is 9.31. The summed E-state index contributed by atoms with van der Waals surface area (Å²) >= 11 is 0. The SMILES string of the molecule is CC1(N)CCCCC1C(=O)Nc1cc(F)c(F)c(F)c1. The molecule has 2 atom stereocenters. The largest absolute Gasteiger partial charge is 0.326 e. The molecule has 110 valence electrons. The highest BCUT2D eigenvalue weighted by Crippen LogP contribution is 2.32. The van der Waals surface area contributed by atoms with Crippen molar-refractivity contribution in [1.29, 1.82) is 0 Å². The minimum atomic E-state index is -1.55. The maximum atomic E-state index is 13.1. The molecule has 0 spiro atoms. The third kappa shape index (κ3) is 2.95. The lowest BCUT2D eigenvalue weighted by molar-refractivity contribution is -0.122. The van der Waals surface area contributed by atoms with Crippen LogP contribution in [0.15, 0.2) is 12.1 Å². The fraction of sp³-hybridized carbons (Fsp3) is 0.500. The van der Waals surface area contributed by atoms with Gasteiger partial charge < -0.3 is 11.1 Å². The van der Waals surface area contributed by atoms with Crippen LogP contribution in [0.25, 0.3) is 0 Å². The van der Waals surface area contributed by atoms with E-state index in [9.17, 15) is 18.0 Å². The number of hydrogen-bond donors (Lipinski definition) is 2. The Balaban J connectivity index is 2.15. The van der Waals surface area contributed by atoms with E-state index in [1.165, 1.54) is 0 Å². The highest BCUT2D eigenvalue weighted by molar-refractivity contribution is 5.93. The molecule has 0 heterocycles. The molecular formula is C14H17F3N2O. The third-order valence-electron chi connectivity index (χ3n) is 3.82. The molecule has 2 rings (SSSR count). The molecule has 1 saturated carbocycles. The molecule has 1 aliphatic rings. The fourth-order valence-corrected chi connectivity index (χ4v) is 2.65. The summed E-state index contributed by atoms with van der Waals surface area (Å²) in [4.78, 5) is 12.2. The molecule has 3 N–H and O–H groups in total. The average Bonchev–Trinajstić information content (AvgIpc) is 2.35. The highest BCUT2D eigenvalue weighted by Gasteiger charge is 2.37. The van der Waals surface area contributed by atoms with Gasteiger partial charge in [-0.1, -0.05) is 12.8 Å². The molecule has 0 saturated heterocycles.